The molecule has 7 heteroatoms. The summed E-state index contributed by atoms with van der Waals surface area (Å²) in [6, 6.07) is 0. The van der Waals surface area contributed by atoms with Gasteiger partial charge in [-0.15, -0.1) is 0 Å². The molecule has 1 amide bonds. The lowest BCUT2D eigenvalue weighted by Crippen LogP contribution is -2.43. The zero-order valence-electron chi connectivity index (χ0n) is 11.7. The molecule has 0 bridgehead atoms. The van der Waals surface area contributed by atoms with Crippen molar-refractivity contribution in [3.05, 3.63) is 12.7 Å². The van der Waals surface area contributed by atoms with Crippen LogP contribution in [0.4, 0.5) is 0 Å². The van der Waals surface area contributed by atoms with Gasteiger partial charge in [-0.2, -0.15) is 5.10 Å². The number of hydrogen-bond donors (Lipinski definition) is 0. The Hall–Kier alpha value is -1.92. The SMILES string of the molecule is CCOC(=O)[C@@H]1CCCN(C(=O)CCn2cncn2)C1. The van der Waals surface area contributed by atoms with Crippen LogP contribution in [-0.4, -0.2) is 51.2 Å². The van der Waals surface area contributed by atoms with Crippen molar-refractivity contribution >= 4 is 11.9 Å². The first kappa shape index (κ1) is 14.5. The van der Waals surface area contributed by atoms with E-state index >= 15 is 0 Å². The third-order valence-corrected chi connectivity index (χ3v) is 3.42. The second-order valence-electron chi connectivity index (χ2n) is 4.84. The second kappa shape index (κ2) is 7.02. The Labute approximate surface area is 117 Å². The van der Waals surface area contributed by atoms with Gasteiger partial charge in [0.15, 0.2) is 0 Å². The van der Waals surface area contributed by atoms with Crippen molar-refractivity contribution in [2.75, 3.05) is 19.7 Å². The highest BCUT2D eigenvalue weighted by Gasteiger charge is 2.29. The molecule has 1 atom stereocenters. The highest BCUT2D eigenvalue weighted by Crippen LogP contribution is 2.18. The maximum Gasteiger partial charge on any atom is 0.310 e. The predicted octanol–water partition coefficient (Wildman–Crippen LogP) is 0.470. The zero-order valence-corrected chi connectivity index (χ0v) is 11.7. The first-order chi connectivity index (χ1) is 9.70. The summed E-state index contributed by atoms with van der Waals surface area (Å²) >= 11 is 0. The number of aryl methyl sites for hydroxylation is 1. The van der Waals surface area contributed by atoms with Gasteiger partial charge in [0.1, 0.15) is 12.7 Å². The van der Waals surface area contributed by atoms with E-state index in [9.17, 15) is 9.59 Å². The number of carbonyl (C=O) groups excluding carboxylic acids is 2. The van der Waals surface area contributed by atoms with Gasteiger partial charge in [0.25, 0.3) is 0 Å². The summed E-state index contributed by atoms with van der Waals surface area (Å²) in [5.41, 5.74) is 0. The van der Waals surface area contributed by atoms with E-state index < -0.39 is 0 Å². The van der Waals surface area contributed by atoms with E-state index in [1.165, 1.54) is 6.33 Å². The number of nitrogens with zero attached hydrogens (tertiary/aromatic N) is 4. The summed E-state index contributed by atoms with van der Waals surface area (Å²) in [7, 11) is 0. The monoisotopic (exact) mass is 280 g/mol. The molecule has 0 aromatic carbocycles. The molecule has 1 aliphatic heterocycles. The Kier molecular flexibility index (Phi) is 5.09. The molecule has 1 aromatic rings. The summed E-state index contributed by atoms with van der Waals surface area (Å²) in [5.74, 6) is -0.324. The summed E-state index contributed by atoms with van der Waals surface area (Å²) in [6.45, 7) is 3.87. The van der Waals surface area contributed by atoms with Crippen molar-refractivity contribution in [1.29, 1.82) is 0 Å². The smallest absolute Gasteiger partial charge is 0.310 e. The molecule has 1 saturated heterocycles. The van der Waals surface area contributed by atoms with Gasteiger partial charge in [-0.05, 0) is 19.8 Å². The second-order valence-corrected chi connectivity index (χ2v) is 4.84. The Morgan fingerprint density at radius 1 is 1.45 bits per heavy atom. The minimum atomic E-state index is -0.193. The van der Waals surface area contributed by atoms with E-state index in [-0.39, 0.29) is 17.8 Å². The molecule has 7 nitrogen and oxygen atoms in total. The van der Waals surface area contributed by atoms with Crippen molar-refractivity contribution in [1.82, 2.24) is 19.7 Å². The van der Waals surface area contributed by atoms with Crippen molar-refractivity contribution in [3.8, 4) is 0 Å². The van der Waals surface area contributed by atoms with Crippen molar-refractivity contribution < 1.29 is 14.3 Å². The molecular weight excluding hydrogens is 260 g/mol. The van der Waals surface area contributed by atoms with Gasteiger partial charge in [0.2, 0.25) is 5.91 Å². The van der Waals surface area contributed by atoms with Gasteiger partial charge in [0, 0.05) is 19.5 Å². The van der Waals surface area contributed by atoms with Crippen LogP contribution in [0.3, 0.4) is 0 Å². The van der Waals surface area contributed by atoms with Gasteiger partial charge < -0.3 is 9.64 Å². The molecule has 0 aliphatic carbocycles. The van der Waals surface area contributed by atoms with Gasteiger partial charge in [0.05, 0.1) is 19.1 Å². The van der Waals surface area contributed by atoms with Crippen LogP contribution in [-0.2, 0) is 20.9 Å². The zero-order chi connectivity index (χ0) is 14.4. The standard InChI is InChI=1S/C13H20N4O3/c1-2-20-13(19)11-4-3-6-16(8-11)12(18)5-7-17-10-14-9-15-17/h9-11H,2-8H2,1H3/t11-/m1/s1. The fraction of sp³-hybridized carbons (Fsp3) is 0.692. The Balaban J connectivity index is 1.81. The molecular formula is C13H20N4O3. The van der Waals surface area contributed by atoms with Crippen molar-refractivity contribution in [2.24, 2.45) is 5.92 Å². The molecule has 2 rings (SSSR count). The van der Waals surface area contributed by atoms with E-state index in [1.807, 2.05) is 0 Å². The topological polar surface area (TPSA) is 77.3 Å². The lowest BCUT2D eigenvalue weighted by molar-refractivity contribution is -0.151. The summed E-state index contributed by atoms with van der Waals surface area (Å²) < 4.78 is 6.66. The first-order valence-corrected chi connectivity index (χ1v) is 6.97. The number of piperidine rings is 1. The molecule has 0 spiro atoms. The Morgan fingerprint density at radius 2 is 2.30 bits per heavy atom. The van der Waals surface area contributed by atoms with Gasteiger partial charge in [-0.1, -0.05) is 0 Å². The van der Waals surface area contributed by atoms with Gasteiger partial charge >= 0.3 is 5.97 Å². The van der Waals surface area contributed by atoms with Crippen LogP contribution in [0.1, 0.15) is 26.2 Å². The maximum atomic E-state index is 12.1. The number of rotatable bonds is 5. The largest absolute Gasteiger partial charge is 0.466 e. The highest BCUT2D eigenvalue weighted by atomic mass is 16.5. The van der Waals surface area contributed by atoms with E-state index in [1.54, 1.807) is 22.8 Å². The summed E-state index contributed by atoms with van der Waals surface area (Å²) in [4.78, 5) is 29.4. The number of aromatic nitrogens is 3. The van der Waals surface area contributed by atoms with Crippen LogP contribution in [0.5, 0.6) is 0 Å². The van der Waals surface area contributed by atoms with E-state index in [2.05, 4.69) is 10.1 Å². The van der Waals surface area contributed by atoms with Crippen LogP contribution in [0.2, 0.25) is 0 Å². The van der Waals surface area contributed by atoms with Crippen LogP contribution < -0.4 is 0 Å². The molecule has 2 heterocycles. The lowest BCUT2D eigenvalue weighted by Gasteiger charge is -2.31. The molecule has 0 saturated carbocycles. The third-order valence-electron chi connectivity index (χ3n) is 3.42. The average Bonchev–Trinajstić information content (AvgIpc) is 2.98. The molecule has 1 aromatic heterocycles. The molecule has 0 radical (unpaired) electrons. The number of amides is 1. The average molecular weight is 280 g/mol. The van der Waals surface area contributed by atoms with Crippen LogP contribution in [0.25, 0.3) is 0 Å². The predicted molar refractivity (Wildman–Crippen MR) is 70.6 cm³/mol. The molecule has 1 aliphatic rings. The van der Waals surface area contributed by atoms with E-state index in [4.69, 9.17) is 4.74 Å². The minimum absolute atomic E-state index is 0.0505. The molecule has 0 unspecified atom stereocenters. The lowest BCUT2D eigenvalue weighted by atomic mass is 9.98. The van der Waals surface area contributed by atoms with Gasteiger partial charge in [-0.3, -0.25) is 14.3 Å². The fourth-order valence-corrected chi connectivity index (χ4v) is 2.37. The van der Waals surface area contributed by atoms with E-state index in [0.29, 0.717) is 32.7 Å². The molecule has 0 N–H and O–H groups in total. The normalized spacial score (nSPS) is 18.9. The number of esters is 1. The van der Waals surface area contributed by atoms with Crippen molar-refractivity contribution in [3.63, 3.8) is 0 Å². The number of hydrogen-bond acceptors (Lipinski definition) is 5. The number of likely N-dealkylation sites (tertiary alicyclic amines) is 1. The summed E-state index contributed by atoms with van der Waals surface area (Å²) in [5, 5.41) is 3.96. The molecule has 110 valence electrons. The first-order valence-electron chi connectivity index (χ1n) is 6.97. The molecule has 1 fully saturated rings. The number of carbonyl (C=O) groups is 2. The highest BCUT2D eigenvalue weighted by molar-refractivity contribution is 5.78. The maximum absolute atomic E-state index is 12.1. The fourth-order valence-electron chi connectivity index (χ4n) is 2.37. The van der Waals surface area contributed by atoms with Crippen molar-refractivity contribution in [2.45, 2.75) is 32.7 Å². The Morgan fingerprint density at radius 3 is 3.00 bits per heavy atom. The quantitative estimate of drug-likeness (QED) is 0.733. The van der Waals surface area contributed by atoms with Gasteiger partial charge in [-0.25, -0.2) is 4.98 Å². The molecule has 20 heavy (non-hydrogen) atoms. The summed E-state index contributed by atoms with van der Waals surface area (Å²) in [6.07, 6.45) is 5.05. The third kappa shape index (κ3) is 3.79. The van der Waals surface area contributed by atoms with E-state index in [0.717, 1.165) is 12.8 Å². The van der Waals surface area contributed by atoms with Crippen LogP contribution in [0, 0.1) is 5.92 Å². The van der Waals surface area contributed by atoms with Crippen LogP contribution >= 0.6 is 0 Å². The number of ether oxygens (including phenoxy) is 1. The minimum Gasteiger partial charge on any atom is -0.466 e. The Bertz CT molecular complexity index is 446. The van der Waals surface area contributed by atoms with Crippen LogP contribution in [0.15, 0.2) is 12.7 Å².